The molecule has 1 aromatic carbocycles. The summed E-state index contributed by atoms with van der Waals surface area (Å²) in [5.74, 6) is -0.963. The van der Waals surface area contributed by atoms with Gasteiger partial charge in [-0.05, 0) is 44.9 Å². The van der Waals surface area contributed by atoms with E-state index in [9.17, 15) is 4.79 Å². The minimum Gasteiger partial charge on any atom is -0.431 e. The molecular formula is C19H24BrNO3. The summed E-state index contributed by atoms with van der Waals surface area (Å²) in [4.78, 5) is 12.5. The molecule has 2 spiro atoms. The highest BCUT2D eigenvalue weighted by Crippen LogP contribution is 2.61. The molecule has 4 rings (SSSR count). The van der Waals surface area contributed by atoms with Gasteiger partial charge in [0.15, 0.2) is 0 Å². The highest BCUT2D eigenvalue weighted by molar-refractivity contribution is 9.10. The van der Waals surface area contributed by atoms with Gasteiger partial charge < -0.3 is 14.8 Å². The van der Waals surface area contributed by atoms with Gasteiger partial charge in [-0.3, -0.25) is 0 Å². The second-order valence-corrected chi connectivity index (χ2v) is 8.94. The molecule has 3 fully saturated rings. The van der Waals surface area contributed by atoms with Crippen molar-refractivity contribution in [2.24, 2.45) is 5.41 Å². The maximum absolute atomic E-state index is 12.5. The molecular weight excluding hydrogens is 370 g/mol. The Morgan fingerprint density at radius 3 is 2.71 bits per heavy atom. The summed E-state index contributed by atoms with van der Waals surface area (Å²) in [6.45, 7) is 4.33. The van der Waals surface area contributed by atoms with Crippen LogP contribution in [-0.2, 0) is 14.3 Å². The number of carbonyl (C=O) groups is 1. The summed E-state index contributed by atoms with van der Waals surface area (Å²) >= 11 is 3.46. The van der Waals surface area contributed by atoms with E-state index < -0.39 is 5.79 Å². The molecule has 0 radical (unpaired) electrons. The van der Waals surface area contributed by atoms with Gasteiger partial charge in [0.05, 0.1) is 5.60 Å². The molecule has 3 aliphatic rings. The Morgan fingerprint density at radius 1 is 1.25 bits per heavy atom. The van der Waals surface area contributed by atoms with Crippen LogP contribution in [0.15, 0.2) is 28.7 Å². The Morgan fingerprint density at radius 2 is 2.00 bits per heavy atom. The second-order valence-electron chi connectivity index (χ2n) is 8.02. The number of hydrogen-bond acceptors (Lipinski definition) is 4. The molecule has 2 heterocycles. The monoisotopic (exact) mass is 393 g/mol. The predicted octanol–water partition coefficient (Wildman–Crippen LogP) is 4.63. The van der Waals surface area contributed by atoms with E-state index in [4.69, 9.17) is 9.47 Å². The van der Waals surface area contributed by atoms with Gasteiger partial charge >= 0.3 is 5.97 Å². The molecule has 5 heteroatoms. The van der Waals surface area contributed by atoms with Crippen LogP contribution in [0.2, 0.25) is 0 Å². The second kappa shape index (κ2) is 5.46. The zero-order valence-corrected chi connectivity index (χ0v) is 15.8. The van der Waals surface area contributed by atoms with Gasteiger partial charge in [0.2, 0.25) is 5.79 Å². The van der Waals surface area contributed by atoms with Crippen LogP contribution in [0.5, 0.6) is 0 Å². The fourth-order valence-electron chi connectivity index (χ4n) is 4.92. The Balaban J connectivity index is 1.54. The molecule has 1 N–H and O–H groups in total. The van der Waals surface area contributed by atoms with E-state index in [2.05, 4.69) is 35.1 Å². The van der Waals surface area contributed by atoms with Gasteiger partial charge in [0.1, 0.15) is 6.04 Å². The first-order chi connectivity index (χ1) is 11.3. The first kappa shape index (κ1) is 16.4. The lowest BCUT2D eigenvalue weighted by atomic mass is 9.70. The Kier molecular flexibility index (Phi) is 3.73. The smallest absolute Gasteiger partial charge is 0.331 e. The minimum atomic E-state index is -0.755. The lowest BCUT2D eigenvalue weighted by Gasteiger charge is -2.35. The number of nitrogens with one attached hydrogen (secondary N) is 1. The largest absolute Gasteiger partial charge is 0.431 e. The zero-order chi connectivity index (χ0) is 17.0. The third-order valence-corrected chi connectivity index (χ3v) is 6.63. The maximum atomic E-state index is 12.5. The van der Waals surface area contributed by atoms with Gasteiger partial charge in [-0.25, -0.2) is 4.79 Å². The molecule has 1 saturated carbocycles. The number of esters is 1. The molecule has 4 nitrogen and oxygen atoms in total. The van der Waals surface area contributed by atoms with E-state index in [0.29, 0.717) is 6.42 Å². The van der Waals surface area contributed by atoms with Crippen LogP contribution in [0.1, 0.15) is 52.4 Å². The molecule has 0 amide bonds. The molecule has 130 valence electrons. The fourth-order valence-corrected chi connectivity index (χ4v) is 5.32. The van der Waals surface area contributed by atoms with E-state index in [-0.39, 0.29) is 23.0 Å². The van der Waals surface area contributed by atoms with Crippen LogP contribution in [0, 0.1) is 5.41 Å². The minimum absolute atomic E-state index is 0.151. The summed E-state index contributed by atoms with van der Waals surface area (Å²) < 4.78 is 13.2. The quantitative estimate of drug-likeness (QED) is 0.743. The third-order valence-electron chi connectivity index (χ3n) is 6.14. The van der Waals surface area contributed by atoms with E-state index >= 15 is 0 Å². The lowest BCUT2D eigenvalue weighted by Crippen LogP contribution is -2.37. The number of rotatable bonds is 2. The summed E-state index contributed by atoms with van der Waals surface area (Å²) in [5.41, 5.74) is 0.822. The fraction of sp³-hybridized carbons (Fsp3) is 0.632. The van der Waals surface area contributed by atoms with Crippen molar-refractivity contribution in [3.05, 3.63) is 28.7 Å². The van der Waals surface area contributed by atoms with E-state index in [1.54, 1.807) is 0 Å². The Labute approximate surface area is 151 Å². The number of halogens is 1. The number of hydrogen-bond donors (Lipinski definition) is 1. The van der Waals surface area contributed by atoms with E-state index in [1.807, 2.05) is 24.3 Å². The molecule has 2 saturated heterocycles. The molecule has 0 aromatic heterocycles. The number of carbonyl (C=O) groups excluding carboxylic acids is 1. The average Bonchev–Trinajstić information content (AvgIpc) is 3.11. The van der Waals surface area contributed by atoms with Crippen molar-refractivity contribution in [2.45, 2.75) is 69.8 Å². The molecule has 1 aromatic rings. The van der Waals surface area contributed by atoms with Crippen molar-refractivity contribution in [1.29, 1.82) is 0 Å². The number of ether oxygens (including phenoxy) is 2. The molecule has 0 bridgehead atoms. The molecule has 1 aliphatic carbocycles. The van der Waals surface area contributed by atoms with Crippen LogP contribution in [-0.4, -0.2) is 23.4 Å². The SMILES string of the molecule is CC1(C)OC2(CC(Nc3cccc(Br)c3)C(=O)O2)CC12CCCC2. The third kappa shape index (κ3) is 2.57. The van der Waals surface area contributed by atoms with Crippen LogP contribution >= 0.6 is 15.9 Å². The van der Waals surface area contributed by atoms with E-state index in [0.717, 1.165) is 16.6 Å². The van der Waals surface area contributed by atoms with Crippen molar-refractivity contribution in [2.75, 3.05) is 5.32 Å². The van der Waals surface area contributed by atoms with Crippen LogP contribution in [0.25, 0.3) is 0 Å². The van der Waals surface area contributed by atoms with Crippen LogP contribution in [0.3, 0.4) is 0 Å². The van der Waals surface area contributed by atoms with Gasteiger partial charge in [-0.15, -0.1) is 0 Å². The molecule has 2 atom stereocenters. The van der Waals surface area contributed by atoms with Crippen LogP contribution < -0.4 is 5.32 Å². The van der Waals surface area contributed by atoms with Crippen molar-refractivity contribution in [3.8, 4) is 0 Å². The van der Waals surface area contributed by atoms with Gasteiger partial charge in [-0.2, -0.15) is 0 Å². The summed E-state index contributed by atoms with van der Waals surface area (Å²) in [6.07, 6.45) is 6.23. The summed E-state index contributed by atoms with van der Waals surface area (Å²) in [6, 6.07) is 7.49. The molecule has 2 unspecified atom stereocenters. The first-order valence-corrected chi connectivity index (χ1v) is 9.58. The van der Waals surface area contributed by atoms with Crippen molar-refractivity contribution >= 4 is 27.6 Å². The Bertz CT molecular complexity index is 668. The van der Waals surface area contributed by atoms with Gasteiger partial charge in [0, 0.05) is 28.4 Å². The zero-order valence-electron chi connectivity index (χ0n) is 14.2. The highest BCUT2D eigenvalue weighted by Gasteiger charge is 2.65. The molecule has 2 aliphatic heterocycles. The number of anilines is 1. The summed E-state index contributed by atoms with van der Waals surface area (Å²) in [7, 11) is 0. The van der Waals surface area contributed by atoms with Crippen molar-refractivity contribution < 1.29 is 14.3 Å². The average molecular weight is 394 g/mol. The van der Waals surface area contributed by atoms with Crippen LogP contribution in [0.4, 0.5) is 5.69 Å². The van der Waals surface area contributed by atoms with Crippen molar-refractivity contribution in [3.63, 3.8) is 0 Å². The van der Waals surface area contributed by atoms with Gasteiger partial charge in [-0.1, -0.05) is 34.8 Å². The standard InChI is InChI=1S/C19H24BrNO3/c1-17(2)18(8-3-4-9-18)12-19(24-17)11-15(16(22)23-19)21-14-7-5-6-13(20)10-14/h5-7,10,15,21H,3-4,8-9,11-12H2,1-2H3. The Hall–Kier alpha value is -1.07. The molecule has 24 heavy (non-hydrogen) atoms. The maximum Gasteiger partial charge on any atom is 0.331 e. The normalized spacial score (nSPS) is 33.3. The first-order valence-electron chi connectivity index (χ1n) is 8.78. The van der Waals surface area contributed by atoms with E-state index in [1.165, 1.54) is 25.7 Å². The van der Waals surface area contributed by atoms with Gasteiger partial charge in [0.25, 0.3) is 0 Å². The highest BCUT2D eigenvalue weighted by atomic mass is 79.9. The lowest BCUT2D eigenvalue weighted by molar-refractivity contribution is -0.222. The topological polar surface area (TPSA) is 47.6 Å². The predicted molar refractivity (Wildman–Crippen MR) is 95.7 cm³/mol. The number of benzene rings is 1. The summed E-state index contributed by atoms with van der Waals surface area (Å²) in [5, 5.41) is 3.30. The van der Waals surface area contributed by atoms with Crippen molar-refractivity contribution in [1.82, 2.24) is 0 Å².